The predicted octanol–water partition coefficient (Wildman–Crippen LogP) is 32.8. The van der Waals surface area contributed by atoms with Gasteiger partial charge in [-0.25, -0.2) is 4.39 Å². The van der Waals surface area contributed by atoms with Gasteiger partial charge in [-0.2, -0.15) is 0 Å². The third-order valence-corrected chi connectivity index (χ3v) is 17.0. The van der Waals surface area contributed by atoms with Gasteiger partial charge in [0.2, 0.25) is 0 Å². The molecule has 1 fully saturated rings. The van der Waals surface area contributed by atoms with Gasteiger partial charge in [0.25, 0.3) is 0 Å². The van der Waals surface area contributed by atoms with Crippen molar-refractivity contribution in [2.45, 2.75) is 316 Å². The molecule has 0 aliphatic heterocycles. The van der Waals surface area contributed by atoms with Crippen LogP contribution in [0.2, 0.25) is 15.1 Å². The minimum atomic E-state index is -0.0896. The molecule has 6 unspecified atom stereocenters. The van der Waals surface area contributed by atoms with E-state index in [0.717, 1.165) is 39.9 Å². The summed E-state index contributed by atoms with van der Waals surface area (Å²) in [5, 5.41) is 2.29. The topological polar surface area (TPSA) is 0 Å². The Bertz CT molecular complexity index is 2780. The van der Waals surface area contributed by atoms with Crippen LogP contribution in [0.5, 0.6) is 0 Å². The number of benzene rings is 6. The maximum Gasteiger partial charge on any atom is 0.126 e. The summed E-state index contributed by atoms with van der Waals surface area (Å²) in [7, 11) is 0. The summed E-state index contributed by atoms with van der Waals surface area (Å²) >= 11 is 17.9. The second-order valence-corrected chi connectivity index (χ2v) is 37.4. The van der Waals surface area contributed by atoms with Crippen LogP contribution in [0.1, 0.15) is 347 Å². The number of hydrogen-bond acceptors (Lipinski definition) is 0. The van der Waals surface area contributed by atoms with E-state index < -0.39 is 0 Å². The van der Waals surface area contributed by atoms with Gasteiger partial charge in [-0.1, -0.05) is 378 Å². The fourth-order valence-corrected chi connectivity index (χ4v) is 13.2. The van der Waals surface area contributed by atoms with E-state index in [-0.39, 0.29) is 28.1 Å². The first kappa shape index (κ1) is 95.3. The molecule has 0 heterocycles. The number of hydrogen-bond donors (Lipinski definition) is 0. The van der Waals surface area contributed by atoms with E-state index in [4.69, 9.17) is 34.8 Å². The number of halogens is 4. The molecule has 540 valence electrons. The predicted molar refractivity (Wildman–Crippen MR) is 435 cm³/mol. The lowest BCUT2D eigenvalue weighted by molar-refractivity contribution is 0.348. The Balaban J connectivity index is -0.00000104. The molecule has 0 bridgehead atoms. The highest BCUT2D eigenvalue weighted by molar-refractivity contribution is 6.35. The van der Waals surface area contributed by atoms with Crippen molar-refractivity contribution < 1.29 is 4.39 Å². The van der Waals surface area contributed by atoms with E-state index in [1.807, 2.05) is 42.5 Å². The van der Waals surface area contributed by atoms with Crippen molar-refractivity contribution in [3.63, 3.8) is 0 Å². The van der Waals surface area contributed by atoms with Crippen molar-refractivity contribution in [2.75, 3.05) is 0 Å². The van der Waals surface area contributed by atoms with Crippen molar-refractivity contribution in [2.24, 2.45) is 43.8 Å². The molecule has 1 saturated carbocycles. The van der Waals surface area contributed by atoms with E-state index in [9.17, 15) is 4.39 Å². The Morgan fingerprint density at radius 1 is 0.337 bits per heavy atom. The second-order valence-electron chi connectivity index (χ2n) is 36.2. The van der Waals surface area contributed by atoms with Crippen LogP contribution in [0.15, 0.2) is 146 Å². The highest BCUT2D eigenvalue weighted by Gasteiger charge is 2.27. The normalized spacial score (nSPS) is 14.2. The number of aryl methyl sites for hydroxylation is 2. The lowest BCUT2D eigenvalue weighted by Gasteiger charge is -2.24. The number of rotatable bonds is 13. The zero-order chi connectivity index (χ0) is 70.8. The molecular formula is C91H148Cl3F. The van der Waals surface area contributed by atoms with E-state index in [0.29, 0.717) is 78.4 Å². The van der Waals surface area contributed by atoms with Crippen molar-refractivity contribution in [3.05, 3.63) is 211 Å². The lowest BCUT2D eigenvalue weighted by atomic mass is 9.82. The standard InChI is InChI=1S/C14H21F.C14H22.C13H18Cl2.C13H19Cl.2C13H20.C8H16.3CH4/c1-10-6-7-12(8-13(10)15)11(2)9-14(3,4)5;1-11-6-8-13(9-7-11)12(2)10-14(3,4)5;1-9(8-13(2,3)4)11-6-5-10(14)7-12(11)15;1-10(9-13(2,3)4)11-5-7-12(14)8-6-11;2*1-11(10-13(2,3)4)12-8-6-5-7-9-12;1-8(2,3)6-7-4-5-7;;;/h6-8,11H,9H2,1-5H3;6-9,12H,10H2,1-5H3;5-7,9H,8H2,1-4H3;5-8,10H,9H2,1-4H3;2*5-9,11H,10H2,1-4H3;7H,4-6H2,1-3H3;3*1H4. The first-order valence-corrected chi connectivity index (χ1v) is 36.2. The summed E-state index contributed by atoms with van der Waals surface area (Å²) < 4.78 is 13.4. The van der Waals surface area contributed by atoms with E-state index in [1.165, 1.54) is 78.3 Å². The van der Waals surface area contributed by atoms with Crippen molar-refractivity contribution in [1.82, 2.24) is 0 Å². The van der Waals surface area contributed by atoms with E-state index in [1.54, 1.807) is 13.0 Å². The largest absolute Gasteiger partial charge is 0.207 e. The molecule has 0 amide bonds. The molecule has 6 atom stereocenters. The van der Waals surface area contributed by atoms with Crippen molar-refractivity contribution in [1.29, 1.82) is 0 Å². The second kappa shape index (κ2) is 43.6. The summed E-state index contributed by atoms with van der Waals surface area (Å²) in [4.78, 5) is 0. The molecule has 6 aromatic rings. The minimum Gasteiger partial charge on any atom is -0.207 e. The Labute approximate surface area is 606 Å². The summed E-state index contributed by atoms with van der Waals surface area (Å²) in [5.41, 5.74) is 13.0. The van der Waals surface area contributed by atoms with Gasteiger partial charge in [-0.3, -0.25) is 0 Å². The van der Waals surface area contributed by atoms with Crippen LogP contribution in [0.4, 0.5) is 4.39 Å². The average molecular weight is 1370 g/mol. The molecule has 95 heavy (non-hydrogen) atoms. The Kier molecular flexibility index (Phi) is 43.7. The van der Waals surface area contributed by atoms with Crippen LogP contribution < -0.4 is 0 Å². The molecule has 7 rings (SSSR count). The monoisotopic (exact) mass is 1370 g/mol. The van der Waals surface area contributed by atoms with Gasteiger partial charge in [0.15, 0.2) is 0 Å². The molecule has 0 radical (unpaired) electrons. The fraction of sp³-hybridized carbons (Fsp3) is 0.604. The first-order chi connectivity index (χ1) is 41.9. The van der Waals surface area contributed by atoms with Gasteiger partial charge < -0.3 is 0 Å². The fourth-order valence-electron chi connectivity index (χ4n) is 12.5. The molecule has 0 N–H and O–H groups in total. The van der Waals surface area contributed by atoms with Crippen LogP contribution >= 0.6 is 34.8 Å². The van der Waals surface area contributed by atoms with Crippen molar-refractivity contribution in [3.8, 4) is 0 Å². The zero-order valence-corrected chi connectivity index (χ0v) is 66.5. The highest BCUT2D eigenvalue weighted by Crippen LogP contribution is 2.40. The third kappa shape index (κ3) is 48.5. The highest BCUT2D eigenvalue weighted by atomic mass is 35.5. The zero-order valence-electron chi connectivity index (χ0n) is 64.3. The van der Waals surface area contributed by atoms with Crippen LogP contribution in [-0.2, 0) is 0 Å². The first-order valence-electron chi connectivity index (χ1n) is 35.0. The van der Waals surface area contributed by atoms with E-state index >= 15 is 0 Å². The molecular weight excluding hydrogens is 1220 g/mol. The van der Waals surface area contributed by atoms with Gasteiger partial charge in [0.05, 0.1) is 0 Å². The van der Waals surface area contributed by atoms with Crippen LogP contribution in [0, 0.1) is 63.5 Å². The third-order valence-electron chi connectivity index (χ3n) is 16.2. The summed E-state index contributed by atoms with van der Waals surface area (Å²) in [6, 6.07) is 49.9. The molecule has 0 spiro atoms. The summed E-state index contributed by atoms with van der Waals surface area (Å²) in [6.07, 6.45) is 11.6. The molecule has 0 saturated heterocycles. The van der Waals surface area contributed by atoms with Gasteiger partial charge in [-0.15, -0.1) is 0 Å². The smallest absolute Gasteiger partial charge is 0.126 e. The Morgan fingerprint density at radius 2 is 0.621 bits per heavy atom. The van der Waals surface area contributed by atoms with Gasteiger partial charge in [0, 0.05) is 15.1 Å². The van der Waals surface area contributed by atoms with Gasteiger partial charge in [-0.05, 0) is 207 Å². The molecule has 0 nitrogen and oxygen atoms in total. The van der Waals surface area contributed by atoms with Gasteiger partial charge >= 0.3 is 0 Å². The lowest BCUT2D eigenvalue weighted by Crippen LogP contribution is -2.10. The SMILES string of the molecule is C.C.C.CC(C)(C)CC1CC1.CC(CC(C)(C)C)c1ccc(Cl)cc1.CC(CC(C)(C)C)c1ccc(Cl)cc1Cl.CC(CC(C)(C)C)c1ccccc1.CC(CC(C)(C)C)c1ccccc1.Cc1ccc(C(C)CC(C)(C)C)cc1.Cc1ccc(C(C)CC(C)(C)C)cc1F. The Hall–Kier alpha value is -3.88. The summed E-state index contributed by atoms with van der Waals surface area (Å²) in [5.74, 6) is 4.49. The molecule has 1 aliphatic carbocycles. The quantitative estimate of drug-likeness (QED) is 0.108. The molecule has 1 aliphatic rings. The molecule has 0 aromatic heterocycles. The Morgan fingerprint density at radius 3 is 0.905 bits per heavy atom. The van der Waals surface area contributed by atoms with Crippen molar-refractivity contribution >= 4 is 34.8 Å². The van der Waals surface area contributed by atoms with Gasteiger partial charge in [0.1, 0.15) is 5.82 Å². The van der Waals surface area contributed by atoms with Crippen LogP contribution in [-0.4, -0.2) is 0 Å². The molecule has 4 heteroatoms. The maximum absolute atomic E-state index is 13.4. The average Bonchev–Trinajstić information content (AvgIpc) is 1.66. The van der Waals surface area contributed by atoms with Crippen LogP contribution in [0.3, 0.4) is 0 Å². The minimum absolute atomic E-state index is 0. The molecule has 6 aromatic carbocycles. The van der Waals surface area contributed by atoms with Crippen LogP contribution in [0.25, 0.3) is 0 Å². The van der Waals surface area contributed by atoms with E-state index in [2.05, 4.69) is 291 Å². The summed E-state index contributed by atoms with van der Waals surface area (Å²) in [6.45, 7) is 65.4. The maximum atomic E-state index is 13.4.